The molecule has 0 spiro atoms. The molecule has 18 heteroatoms. The van der Waals surface area contributed by atoms with Crippen molar-refractivity contribution in [2.45, 2.75) is 67.9 Å². The molecule has 0 radical (unpaired) electrons. The van der Waals surface area contributed by atoms with E-state index in [2.05, 4.69) is 41.0 Å². The standard InChI is InChI=1S/C31H32F4N10O2S2/c32-29(33)13-44(14-29)22-6-4-20(36-11-22)9-24(46)38-27-42-40-25(48-27)18-2-1-3-19(8-18)26-41-43-28(49-26)39-31(17-47-31)10-21-5-7-23(12-37-21)45-15-30(34,35)16-45/h4-7,11-12,18-19H,1-3,8-10,13-17H2,(H,39,43)(H,38,42,46)/t18-,19-,31+/m0/s1. The van der Waals surface area contributed by atoms with Gasteiger partial charge in [0.05, 0.1) is 63.0 Å². The molecule has 3 aliphatic heterocycles. The Morgan fingerprint density at radius 1 is 0.816 bits per heavy atom. The number of nitrogens with zero attached hydrogens (tertiary/aromatic N) is 8. The molecule has 4 fully saturated rings. The number of nitrogens with one attached hydrogen (secondary N) is 2. The highest BCUT2D eigenvalue weighted by Gasteiger charge is 2.47. The average Bonchev–Trinajstić information content (AvgIpc) is 3.39. The van der Waals surface area contributed by atoms with Crippen LogP contribution in [0, 0.1) is 0 Å². The van der Waals surface area contributed by atoms with E-state index in [1.165, 1.54) is 28.9 Å². The van der Waals surface area contributed by atoms with Gasteiger partial charge in [0.25, 0.3) is 11.8 Å². The molecule has 258 valence electrons. The average molecular weight is 717 g/mol. The second kappa shape index (κ2) is 12.4. The number of alkyl halides is 4. The van der Waals surface area contributed by atoms with Crippen molar-refractivity contribution in [1.29, 1.82) is 0 Å². The second-order valence-corrected chi connectivity index (χ2v) is 15.2. The van der Waals surface area contributed by atoms with Gasteiger partial charge in [-0.2, -0.15) is 0 Å². The van der Waals surface area contributed by atoms with Crippen LogP contribution in [0.25, 0.3) is 0 Å². The zero-order chi connectivity index (χ0) is 33.8. The lowest BCUT2D eigenvalue weighted by atomic mass is 9.82. The molecular weight excluding hydrogens is 685 g/mol. The maximum absolute atomic E-state index is 13.2. The number of carbonyl (C=O) groups excluding carboxylic acids is 1. The van der Waals surface area contributed by atoms with Crippen LogP contribution in [0.15, 0.2) is 36.7 Å². The minimum Gasteiger partial charge on any atom is -0.358 e. The van der Waals surface area contributed by atoms with E-state index in [-0.39, 0.29) is 50.3 Å². The number of hydrogen-bond donors (Lipinski definition) is 2. The van der Waals surface area contributed by atoms with E-state index in [1.54, 1.807) is 28.1 Å². The molecule has 0 unspecified atom stereocenters. The third-order valence-corrected chi connectivity index (χ3v) is 11.2. The highest BCUT2D eigenvalue weighted by atomic mass is 32.1. The minimum atomic E-state index is -2.66. The monoisotopic (exact) mass is 716 g/mol. The van der Waals surface area contributed by atoms with Gasteiger partial charge < -0.3 is 25.2 Å². The van der Waals surface area contributed by atoms with Crippen molar-refractivity contribution < 1.29 is 27.1 Å². The van der Waals surface area contributed by atoms with Crippen LogP contribution in [0.1, 0.15) is 58.9 Å². The maximum Gasteiger partial charge on any atom is 0.282 e. The Bertz CT molecular complexity index is 1800. The van der Waals surface area contributed by atoms with E-state index in [0.717, 1.165) is 41.4 Å². The van der Waals surface area contributed by atoms with E-state index in [1.807, 2.05) is 12.1 Å². The van der Waals surface area contributed by atoms with E-state index in [9.17, 15) is 22.4 Å². The molecule has 4 aliphatic rings. The summed E-state index contributed by atoms with van der Waals surface area (Å²) in [5.74, 6) is -5.18. The highest BCUT2D eigenvalue weighted by Crippen LogP contribution is 2.44. The summed E-state index contributed by atoms with van der Waals surface area (Å²) in [6.45, 7) is -0.714. The van der Waals surface area contributed by atoms with Gasteiger partial charge in [0.2, 0.25) is 16.2 Å². The van der Waals surface area contributed by atoms with E-state index in [4.69, 9.17) is 4.74 Å². The summed E-state index contributed by atoms with van der Waals surface area (Å²) in [7, 11) is 0. The first-order valence-electron chi connectivity index (χ1n) is 16.0. The van der Waals surface area contributed by atoms with Crippen LogP contribution in [-0.4, -0.2) is 86.6 Å². The number of rotatable bonds is 11. The quantitative estimate of drug-likeness (QED) is 0.159. The van der Waals surface area contributed by atoms with Crippen molar-refractivity contribution >= 4 is 50.2 Å². The fourth-order valence-electron chi connectivity index (χ4n) is 6.47. The van der Waals surface area contributed by atoms with Crippen LogP contribution in [-0.2, 0) is 22.4 Å². The van der Waals surface area contributed by atoms with Crippen molar-refractivity contribution in [3.63, 3.8) is 0 Å². The molecule has 7 heterocycles. The predicted octanol–water partition coefficient (Wildman–Crippen LogP) is 5.09. The van der Waals surface area contributed by atoms with Gasteiger partial charge in [-0.15, -0.1) is 20.4 Å². The molecule has 3 atom stereocenters. The van der Waals surface area contributed by atoms with Crippen LogP contribution >= 0.6 is 22.7 Å². The van der Waals surface area contributed by atoms with Gasteiger partial charge in [-0.25, -0.2) is 17.6 Å². The van der Waals surface area contributed by atoms with Gasteiger partial charge in [-0.05, 0) is 43.5 Å². The summed E-state index contributed by atoms with van der Waals surface area (Å²) < 4.78 is 58.5. The van der Waals surface area contributed by atoms with Crippen molar-refractivity contribution in [2.24, 2.45) is 0 Å². The van der Waals surface area contributed by atoms with Crippen LogP contribution in [0.5, 0.6) is 0 Å². The fraction of sp³-hybridized carbons (Fsp3) is 0.516. The van der Waals surface area contributed by atoms with Gasteiger partial charge in [0, 0.05) is 29.6 Å². The smallest absolute Gasteiger partial charge is 0.282 e. The largest absolute Gasteiger partial charge is 0.358 e. The first kappa shape index (κ1) is 32.2. The van der Waals surface area contributed by atoms with Gasteiger partial charge in [0.15, 0.2) is 5.72 Å². The lowest BCUT2D eigenvalue weighted by molar-refractivity contribution is -0.115. The van der Waals surface area contributed by atoms with Crippen molar-refractivity contribution in [3.8, 4) is 0 Å². The molecule has 1 aliphatic carbocycles. The predicted molar refractivity (Wildman–Crippen MR) is 175 cm³/mol. The van der Waals surface area contributed by atoms with Crippen LogP contribution in [0.4, 0.5) is 39.2 Å². The third-order valence-electron chi connectivity index (χ3n) is 9.17. The Balaban J connectivity index is 0.821. The molecule has 3 saturated heterocycles. The molecule has 0 aromatic carbocycles. The summed E-state index contributed by atoms with van der Waals surface area (Å²) in [6.07, 6.45) is 7.46. The van der Waals surface area contributed by atoms with Crippen molar-refractivity contribution in [3.05, 3.63) is 58.1 Å². The Kier molecular flexibility index (Phi) is 8.14. The first-order chi connectivity index (χ1) is 23.5. The van der Waals surface area contributed by atoms with Crippen LogP contribution < -0.4 is 20.4 Å². The Morgan fingerprint density at radius 3 is 1.90 bits per heavy atom. The van der Waals surface area contributed by atoms with Crippen LogP contribution in [0.3, 0.4) is 0 Å². The first-order valence-corrected chi connectivity index (χ1v) is 17.7. The summed E-state index contributed by atoms with van der Waals surface area (Å²) in [4.78, 5) is 24.6. The summed E-state index contributed by atoms with van der Waals surface area (Å²) in [5, 5.41) is 26.6. The third kappa shape index (κ3) is 7.30. The van der Waals surface area contributed by atoms with Gasteiger partial charge >= 0.3 is 0 Å². The number of carbonyl (C=O) groups is 1. The number of amides is 1. The minimum absolute atomic E-state index is 0.0296. The number of hydrogen-bond acceptors (Lipinski definition) is 13. The molecule has 2 N–H and O–H groups in total. The molecule has 1 saturated carbocycles. The highest BCUT2D eigenvalue weighted by molar-refractivity contribution is 7.15. The molecule has 4 aromatic heterocycles. The zero-order valence-corrected chi connectivity index (χ0v) is 27.8. The van der Waals surface area contributed by atoms with E-state index < -0.39 is 17.6 Å². The van der Waals surface area contributed by atoms with E-state index >= 15 is 0 Å². The maximum atomic E-state index is 13.2. The molecule has 1 amide bonds. The molecule has 49 heavy (non-hydrogen) atoms. The Morgan fingerprint density at radius 2 is 1.37 bits per heavy atom. The van der Waals surface area contributed by atoms with Crippen molar-refractivity contribution in [2.75, 3.05) is 53.2 Å². The van der Waals surface area contributed by atoms with Gasteiger partial charge in [-0.1, -0.05) is 29.1 Å². The summed E-state index contributed by atoms with van der Waals surface area (Å²) in [5.41, 5.74) is 1.99. The second-order valence-electron chi connectivity index (χ2n) is 13.2. The Hall–Kier alpha value is -4.03. The van der Waals surface area contributed by atoms with Gasteiger partial charge in [-0.3, -0.25) is 14.8 Å². The number of pyridine rings is 2. The summed E-state index contributed by atoms with van der Waals surface area (Å²) in [6, 6.07) is 7.02. The van der Waals surface area contributed by atoms with Crippen LogP contribution in [0.2, 0.25) is 0 Å². The molecule has 12 nitrogen and oxygen atoms in total. The number of aromatic nitrogens is 6. The lowest BCUT2D eigenvalue weighted by Gasteiger charge is -2.40. The topological polar surface area (TPSA) is 137 Å². The summed E-state index contributed by atoms with van der Waals surface area (Å²) >= 11 is 2.87. The normalized spacial score (nSPS) is 25.3. The zero-order valence-electron chi connectivity index (χ0n) is 26.1. The SMILES string of the molecule is O=C(Cc1ccc(N2CC(F)(F)C2)cn1)Nc1nnc([C@H]2CCC[C@H](c3nnc(N[C@@]4(Cc5ccc(N6CC(F)(F)C6)cn5)CO4)s3)C2)s1. The molecule has 4 aromatic rings. The molecular formula is C31H32F4N10O2S2. The number of anilines is 4. The molecule has 8 rings (SSSR count). The number of epoxide rings is 1. The number of halogens is 4. The van der Waals surface area contributed by atoms with Crippen molar-refractivity contribution in [1.82, 2.24) is 30.4 Å². The molecule has 0 bridgehead atoms. The Labute approximate surface area is 286 Å². The number of ether oxygens (including phenoxy) is 1. The fourth-order valence-corrected chi connectivity index (χ4v) is 8.35. The van der Waals surface area contributed by atoms with E-state index in [0.29, 0.717) is 40.4 Å². The van der Waals surface area contributed by atoms with Gasteiger partial charge in [0.1, 0.15) is 10.0 Å². The lowest BCUT2D eigenvalue weighted by Crippen LogP contribution is -2.56.